The maximum Gasteiger partial charge on any atom is 0.519 e. The predicted molar refractivity (Wildman–Crippen MR) is 106 cm³/mol. The highest BCUT2D eigenvalue weighted by Crippen LogP contribution is 2.30. The molecule has 0 radical (unpaired) electrons. The summed E-state index contributed by atoms with van der Waals surface area (Å²) in [4.78, 5) is 0. The molecule has 0 saturated heterocycles. The SMILES string of the molecule is FC(F)(F)CCCNNNc1cccc(NCc2ccccc2)c1Br.OC(F)(F)F. The number of hydrogen-bond donors (Lipinski definition) is 5. The van der Waals surface area contributed by atoms with Gasteiger partial charge in [0.25, 0.3) is 0 Å². The molecule has 0 fully saturated rings. The van der Waals surface area contributed by atoms with E-state index in [0.717, 1.165) is 21.4 Å². The van der Waals surface area contributed by atoms with Crippen molar-refractivity contribution < 1.29 is 31.4 Å². The first kappa shape index (κ1) is 26.0. The molecule has 0 aliphatic rings. The number of benzene rings is 2. The lowest BCUT2D eigenvalue weighted by molar-refractivity contribution is -0.295. The van der Waals surface area contributed by atoms with Crippen LogP contribution in [0, 0.1) is 0 Å². The first-order valence-corrected chi connectivity index (χ1v) is 9.41. The lowest BCUT2D eigenvalue weighted by Gasteiger charge is -2.15. The fraction of sp³-hybridized carbons (Fsp3) is 0.333. The van der Waals surface area contributed by atoms with Crippen molar-refractivity contribution in [2.24, 2.45) is 0 Å². The molecule has 0 amide bonds. The Morgan fingerprint density at radius 2 is 1.47 bits per heavy atom. The molecule has 168 valence electrons. The van der Waals surface area contributed by atoms with Crippen molar-refractivity contribution in [1.29, 1.82) is 0 Å². The predicted octanol–water partition coefficient (Wildman–Crippen LogP) is 5.32. The number of halogens is 7. The first-order chi connectivity index (χ1) is 14.0. The molecule has 2 aromatic carbocycles. The molecular weight excluding hydrogens is 482 g/mol. The third-order valence-electron chi connectivity index (χ3n) is 3.37. The molecule has 5 nitrogen and oxygen atoms in total. The van der Waals surface area contributed by atoms with Gasteiger partial charge in [0.05, 0.1) is 15.8 Å². The molecule has 0 spiro atoms. The van der Waals surface area contributed by atoms with Crippen LogP contribution in [0.4, 0.5) is 37.7 Å². The van der Waals surface area contributed by atoms with Gasteiger partial charge >= 0.3 is 12.5 Å². The van der Waals surface area contributed by atoms with Gasteiger partial charge in [0.15, 0.2) is 0 Å². The van der Waals surface area contributed by atoms with Crippen molar-refractivity contribution in [3.05, 3.63) is 58.6 Å². The zero-order valence-electron chi connectivity index (χ0n) is 15.5. The van der Waals surface area contributed by atoms with Crippen LogP contribution in [-0.2, 0) is 6.54 Å². The van der Waals surface area contributed by atoms with Crippen LogP contribution in [0.5, 0.6) is 0 Å². The van der Waals surface area contributed by atoms with Crippen LogP contribution < -0.4 is 21.7 Å². The summed E-state index contributed by atoms with van der Waals surface area (Å²) in [7, 11) is 0. The molecule has 30 heavy (non-hydrogen) atoms. The minimum absolute atomic E-state index is 0.0119. The number of hydrazine groups is 2. The highest BCUT2D eigenvalue weighted by atomic mass is 79.9. The van der Waals surface area contributed by atoms with E-state index in [1.165, 1.54) is 0 Å². The van der Waals surface area contributed by atoms with Gasteiger partial charge in [0.1, 0.15) is 0 Å². The van der Waals surface area contributed by atoms with Gasteiger partial charge in [-0.25, -0.2) is 5.43 Å². The van der Waals surface area contributed by atoms with Gasteiger partial charge in [-0.15, -0.1) is 13.2 Å². The summed E-state index contributed by atoms with van der Waals surface area (Å²) in [6.07, 6.45) is -9.90. The molecule has 0 unspecified atom stereocenters. The number of hydrogen-bond acceptors (Lipinski definition) is 5. The van der Waals surface area contributed by atoms with Crippen molar-refractivity contribution in [3.63, 3.8) is 0 Å². The van der Waals surface area contributed by atoms with Gasteiger partial charge in [0, 0.05) is 19.5 Å². The molecule has 0 aromatic heterocycles. The Balaban J connectivity index is 0.000000804. The highest BCUT2D eigenvalue weighted by molar-refractivity contribution is 9.10. The lowest BCUT2D eigenvalue weighted by atomic mass is 10.2. The summed E-state index contributed by atoms with van der Waals surface area (Å²) in [6, 6.07) is 15.7. The number of alkyl halides is 6. The minimum Gasteiger partial charge on any atom is -0.380 e. The van der Waals surface area contributed by atoms with E-state index < -0.39 is 19.0 Å². The first-order valence-electron chi connectivity index (χ1n) is 8.62. The quantitative estimate of drug-likeness (QED) is 0.182. The Kier molecular flexibility index (Phi) is 10.9. The second kappa shape index (κ2) is 12.6. The van der Waals surface area contributed by atoms with Gasteiger partial charge in [-0.3, -0.25) is 0 Å². The van der Waals surface area contributed by atoms with Crippen molar-refractivity contribution >= 4 is 27.3 Å². The molecule has 12 heteroatoms. The van der Waals surface area contributed by atoms with Crippen LogP contribution in [0.2, 0.25) is 0 Å². The molecule has 2 rings (SSSR count). The van der Waals surface area contributed by atoms with Gasteiger partial charge < -0.3 is 15.8 Å². The average Bonchev–Trinajstić information content (AvgIpc) is 2.63. The maximum absolute atomic E-state index is 12.0. The van der Waals surface area contributed by atoms with Crippen molar-refractivity contribution in [2.75, 3.05) is 17.3 Å². The minimum atomic E-state index is -5.00. The zero-order chi connectivity index (χ0) is 22.6. The molecule has 0 heterocycles. The summed E-state index contributed by atoms with van der Waals surface area (Å²) >= 11 is 3.52. The van der Waals surface area contributed by atoms with Crippen molar-refractivity contribution in [1.82, 2.24) is 11.0 Å². The van der Waals surface area contributed by atoms with E-state index in [1.807, 2.05) is 48.5 Å². The molecule has 0 aliphatic carbocycles. The van der Waals surface area contributed by atoms with Gasteiger partial charge in [-0.05, 0) is 40.0 Å². The van der Waals surface area contributed by atoms with Crippen LogP contribution in [-0.4, -0.2) is 24.2 Å². The molecule has 2 aromatic rings. The molecule has 0 aliphatic heterocycles. The Bertz CT molecular complexity index is 738. The van der Waals surface area contributed by atoms with Crippen LogP contribution in [0.3, 0.4) is 0 Å². The average molecular weight is 503 g/mol. The fourth-order valence-electron chi connectivity index (χ4n) is 2.11. The highest BCUT2D eigenvalue weighted by Gasteiger charge is 2.25. The Morgan fingerprint density at radius 1 is 0.867 bits per heavy atom. The summed E-state index contributed by atoms with van der Waals surface area (Å²) in [5, 5.41) is 9.86. The molecule has 5 N–H and O–H groups in total. The summed E-state index contributed by atoms with van der Waals surface area (Å²) < 4.78 is 66.7. The Morgan fingerprint density at radius 3 is 2.07 bits per heavy atom. The number of nitrogens with one attached hydrogen (secondary N) is 4. The topological polar surface area (TPSA) is 68.3 Å². The summed E-state index contributed by atoms with van der Waals surface area (Å²) in [6.45, 7) is 0.891. The Labute approximate surface area is 177 Å². The monoisotopic (exact) mass is 502 g/mol. The van der Waals surface area contributed by atoms with Gasteiger partial charge in [-0.1, -0.05) is 36.4 Å². The molecule has 0 bridgehead atoms. The van der Waals surface area contributed by atoms with Crippen molar-refractivity contribution in [3.8, 4) is 0 Å². The number of aliphatic hydroxyl groups is 1. The van der Waals surface area contributed by atoms with Crippen LogP contribution >= 0.6 is 15.9 Å². The van der Waals surface area contributed by atoms with Gasteiger partial charge in [0.2, 0.25) is 0 Å². The van der Waals surface area contributed by atoms with E-state index in [-0.39, 0.29) is 13.0 Å². The van der Waals surface area contributed by atoms with E-state index in [1.54, 1.807) is 0 Å². The fourth-order valence-corrected chi connectivity index (χ4v) is 2.61. The zero-order valence-corrected chi connectivity index (χ0v) is 17.1. The van der Waals surface area contributed by atoms with E-state index in [9.17, 15) is 26.3 Å². The van der Waals surface area contributed by atoms with Crippen molar-refractivity contribution in [2.45, 2.75) is 31.9 Å². The number of anilines is 2. The second-order valence-electron chi connectivity index (χ2n) is 5.87. The van der Waals surface area contributed by atoms with E-state index in [0.29, 0.717) is 6.54 Å². The summed E-state index contributed by atoms with van der Waals surface area (Å²) in [5.74, 6) is 0. The normalized spacial score (nSPS) is 11.5. The largest absolute Gasteiger partial charge is 0.519 e. The third kappa shape index (κ3) is 13.2. The smallest absolute Gasteiger partial charge is 0.380 e. The van der Waals surface area contributed by atoms with E-state index >= 15 is 0 Å². The molecular formula is C18H21BrF6N4O. The van der Waals surface area contributed by atoms with Gasteiger partial charge in [-0.2, -0.15) is 18.7 Å². The summed E-state index contributed by atoms with van der Waals surface area (Å²) in [5.41, 5.74) is 11.2. The lowest BCUT2D eigenvalue weighted by Crippen LogP contribution is -2.37. The standard InChI is InChI=1S/C17H20BrF3N4.CHF3O/c18-16-14(22-12-13-6-2-1-3-7-13)8-4-9-15(16)24-25-23-11-5-10-17(19,20)21;2-1(3,4)5/h1-4,6-9,22-25H,5,10-12H2;5H. The van der Waals surface area contributed by atoms with E-state index in [2.05, 4.69) is 37.6 Å². The Hall–Kier alpha value is -2.02. The van der Waals surface area contributed by atoms with Crippen LogP contribution in [0.1, 0.15) is 18.4 Å². The van der Waals surface area contributed by atoms with Crippen LogP contribution in [0.15, 0.2) is 53.0 Å². The van der Waals surface area contributed by atoms with Crippen LogP contribution in [0.25, 0.3) is 0 Å². The number of rotatable bonds is 9. The molecule has 0 atom stereocenters. The van der Waals surface area contributed by atoms with E-state index in [4.69, 9.17) is 5.11 Å². The third-order valence-corrected chi connectivity index (χ3v) is 4.23. The maximum atomic E-state index is 12.0. The molecule has 0 saturated carbocycles. The second-order valence-corrected chi connectivity index (χ2v) is 6.66.